The highest BCUT2D eigenvalue weighted by molar-refractivity contribution is 9.10. The minimum absolute atomic E-state index is 0.174. The van der Waals surface area contributed by atoms with Gasteiger partial charge in [-0.3, -0.25) is 0 Å². The first-order chi connectivity index (χ1) is 10.1. The Balaban J connectivity index is 1.79. The average Bonchev–Trinajstić information content (AvgIpc) is 3.10. The van der Waals surface area contributed by atoms with E-state index >= 15 is 0 Å². The number of nitrogens with zero attached hydrogens (tertiary/aromatic N) is 1. The molecule has 0 atom stereocenters. The van der Waals surface area contributed by atoms with Crippen molar-refractivity contribution >= 4 is 33.2 Å². The zero-order valence-corrected chi connectivity index (χ0v) is 13.2. The van der Waals surface area contributed by atoms with Crippen molar-refractivity contribution < 1.29 is 9.90 Å². The van der Waals surface area contributed by atoms with Crippen LogP contribution < -0.4 is 0 Å². The molecular weight excluding hydrogens is 352 g/mol. The van der Waals surface area contributed by atoms with Gasteiger partial charge in [0.2, 0.25) is 0 Å². The number of aromatic amines is 1. The van der Waals surface area contributed by atoms with E-state index in [-0.39, 0.29) is 5.69 Å². The topological polar surface area (TPSA) is 66.0 Å². The van der Waals surface area contributed by atoms with Crippen molar-refractivity contribution in [2.24, 2.45) is 0 Å². The molecule has 0 aliphatic heterocycles. The summed E-state index contributed by atoms with van der Waals surface area (Å²) < 4.78 is 1.06. The van der Waals surface area contributed by atoms with E-state index in [1.807, 2.05) is 17.5 Å². The van der Waals surface area contributed by atoms with Crippen molar-refractivity contribution in [2.45, 2.75) is 6.42 Å². The van der Waals surface area contributed by atoms with E-state index in [1.165, 1.54) is 5.56 Å². The summed E-state index contributed by atoms with van der Waals surface area (Å²) in [6, 6.07) is 9.74. The second-order valence-electron chi connectivity index (χ2n) is 4.54. The number of rotatable bonds is 4. The lowest BCUT2D eigenvalue weighted by atomic mass is 10.2. The van der Waals surface area contributed by atoms with Crippen LogP contribution in [0.5, 0.6) is 0 Å². The van der Waals surface area contributed by atoms with Gasteiger partial charge in [-0.1, -0.05) is 28.1 Å². The van der Waals surface area contributed by atoms with Gasteiger partial charge in [0.1, 0.15) is 5.69 Å². The number of thiazole rings is 1. The number of carboxylic acids is 1. The Morgan fingerprint density at radius 2 is 2.10 bits per heavy atom. The Hall–Kier alpha value is -1.92. The maximum absolute atomic E-state index is 10.9. The number of aromatic nitrogens is 2. The van der Waals surface area contributed by atoms with Gasteiger partial charge in [0.15, 0.2) is 0 Å². The van der Waals surface area contributed by atoms with Crippen molar-refractivity contribution in [1.29, 1.82) is 0 Å². The molecule has 21 heavy (non-hydrogen) atoms. The van der Waals surface area contributed by atoms with Gasteiger partial charge in [-0.2, -0.15) is 0 Å². The zero-order valence-electron chi connectivity index (χ0n) is 10.8. The Morgan fingerprint density at radius 1 is 1.33 bits per heavy atom. The van der Waals surface area contributed by atoms with Crippen molar-refractivity contribution in [3.63, 3.8) is 0 Å². The summed E-state index contributed by atoms with van der Waals surface area (Å²) >= 11 is 4.99. The molecule has 0 spiro atoms. The van der Waals surface area contributed by atoms with E-state index in [0.29, 0.717) is 0 Å². The van der Waals surface area contributed by atoms with Gasteiger partial charge >= 0.3 is 5.97 Å². The number of H-pyrrole nitrogens is 1. The maximum atomic E-state index is 10.9. The van der Waals surface area contributed by atoms with Crippen LogP contribution >= 0.6 is 27.3 Å². The molecule has 3 rings (SSSR count). The van der Waals surface area contributed by atoms with Gasteiger partial charge in [-0.25, -0.2) is 9.78 Å². The van der Waals surface area contributed by atoms with Crippen molar-refractivity contribution in [1.82, 2.24) is 9.97 Å². The van der Waals surface area contributed by atoms with Crippen LogP contribution in [0, 0.1) is 0 Å². The van der Waals surface area contributed by atoms with Gasteiger partial charge in [0.25, 0.3) is 0 Å². The lowest BCUT2D eigenvalue weighted by Crippen LogP contribution is -1.94. The molecule has 0 unspecified atom stereocenters. The molecule has 0 saturated carbocycles. The first-order valence-corrected chi connectivity index (χ1v) is 7.90. The Bertz CT molecular complexity index is 777. The second-order valence-corrected chi connectivity index (χ2v) is 6.40. The maximum Gasteiger partial charge on any atom is 0.352 e. The lowest BCUT2D eigenvalue weighted by molar-refractivity contribution is 0.0691. The van der Waals surface area contributed by atoms with Gasteiger partial charge in [-0.05, 0) is 23.8 Å². The second kappa shape index (κ2) is 5.83. The number of benzene rings is 1. The van der Waals surface area contributed by atoms with E-state index in [9.17, 15) is 4.79 Å². The third-order valence-corrected chi connectivity index (χ3v) is 4.41. The lowest BCUT2D eigenvalue weighted by Gasteiger charge is -1.97. The highest BCUT2D eigenvalue weighted by Crippen LogP contribution is 2.24. The molecule has 2 heterocycles. The summed E-state index contributed by atoms with van der Waals surface area (Å²) in [5.74, 6) is -0.966. The standard InChI is InChI=1S/C15H11BrN2O2S/c16-11-3-1-9(2-4-11)5-14-18-13(8-21-14)10-6-12(15(19)20)17-7-10/h1-4,6-8,17H,5H2,(H,19,20). The third-order valence-electron chi connectivity index (χ3n) is 3.03. The van der Waals surface area contributed by atoms with Crippen molar-refractivity contribution in [3.05, 3.63) is 62.6 Å². The summed E-state index contributed by atoms with van der Waals surface area (Å²) in [6.45, 7) is 0. The monoisotopic (exact) mass is 362 g/mol. The minimum Gasteiger partial charge on any atom is -0.477 e. The van der Waals surface area contributed by atoms with E-state index < -0.39 is 5.97 Å². The molecule has 0 aliphatic rings. The molecule has 106 valence electrons. The van der Waals surface area contributed by atoms with Crippen LogP contribution in [0.1, 0.15) is 21.1 Å². The normalized spacial score (nSPS) is 10.7. The molecular formula is C15H11BrN2O2S. The summed E-state index contributed by atoms with van der Waals surface area (Å²) in [5, 5.41) is 11.9. The largest absolute Gasteiger partial charge is 0.477 e. The predicted octanol–water partition coefficient (Wildman–Crippen LogP) is 4.19. The van der Waals surface area contributed by atoms with Gasteiger partial charge in [0.05, 0.1) is 10.7 Å². The fourth-order valence-electron chi connectivity index (χ4n) is 1.97. The fourth-order valence-corrected chi connectivity index (χ4v) is 3.07. The van der Waals surface area contributed by atoms with Crippen molar-refractivity contribution in [3.8, 4) is 11.3 Å². The predicted molar refractivity (Wildman–Crippen MR) is 85.8 cm³/mol. The zero-order chi connectivity index (χ0) is 14.8. The van der Waals surface area contributed by atoms with Crippen LogP contribution in [-0.2, 0) is 6.42 Å². The first-order valence-electron chi connectivity index (χ1n) is 6.23. The number of carboxylic acid groups (broad SMARTS) is 1. The molecule has 2 aromatic heterocycles. The number of nitrogens with one attached hydrogen (secondary N) is 1. The van der Waals surface area contributed by atoms with Crippen molar-refractivity contribution in [2.75, 3.05) is 0 Å². The summed E-state index contributed by atoms with van der Waals surface area (Å²) in [4.78, 5) is 18.2. The molecule has 0 saturated heterocycles. The van der Waals surface area contributed by atoms with Gasteiger partial charge in [-0.15, -0.1) is 11.3 Å². The van der Waals surface area contributed by atoms with E-state index in [4.69, 9.17) is 5.11 Å². The number of hydrogen-bond acceptors (Lipinski definition) is 3. The fraction of sp³-hybridized carbons (Fsp3) is 0.0667. The Kier molecular flexibility index (Phi) is 3.90. The molecule has 0 amide bonds. The van der Waals surface area contributed by atoms with Crippen LogP contribution in [0.4, 0.5) is 0 Å². The molecule has 6 heteroatoms. The Labute approximate surface area is 133 Å². The molecule has 4 nitrogen and oxygen atoms in total. The smallest absolute Gasteiger partial charge is 0.352 e. The molecule has 1 aromatic carbocycles. The number of aromatic carboxylic acids is 1. The summed E-state index contributed by atoms with van der Waals surface area (Å²) in [5.41, 5.74) is 2.97. The SMILES string of the molecule is O=C(O)c1cc(-c2csc(Cc3ccc(Br)cc3)n2)c[nH]1. The molecule has 2 N–H and O–H groups in total. The van der Waals surface area contributed by atoms with E-state index in [1.54, 1.807) is 23.6 Å². The molecule has 0 fully saturated rings. The highest BCUT2D eigenvalue weighted by atomic mass is 79.9. The van der Waals surface area contributed by atoms with Crippen LogP contribution in [0.25, 0.3) is 11.3 Å². The highest BCUT2D eigenvalue weighted by Gasteiger charge is 2.10. The van der Waals surface area contributed by atoms with Gasteiger partial charge < -0.3 is 10.1 Å². The van der Waals surface area contributed by atoms with E-state index in [0.717, 1.165) is 27.2 Å². The summed E-state index contributed by atoms with van der Waals surface area (Å²) in [6.07, 6.45) is 2.44. The van der Waals surface area contributed by atoms with Crippen LogP contribution in [0.2, 0.25) is 0 Å². The van der Waals surface area contributed by atoms with Crippen LogP contribution in [0.3, 0.4) is 0 Å². The van der Waals surface area contributed by atoms with Crippen LogP contribution in [-0.4, -0.2) is 21.0 Å². The van der Waals surface area contributed by atoms with E-state index in [2.05, 4.69) is 38.0 Å². The number of carbonyl (C=O) groups is 1. The Morgan fingerprint density at radius 3 is 2.76 bits per heavy atom. The number of hydrogen-bond donors (Lipinski definition) is 2. The molecule has 0 radical (unpaired) electrons. The molecule has 0 bridgehead atoms. The average molecular weight is 363 g/mol. The molecule has 3 aromatic rings. The summed E-state index contributed by atoms with van der Waals surface area (Å²) in [7, 11) is 0. The minimum atomic E-state index is -0.966. The van der Waals surface area contributed by atoms with Gasteiger partial charge in [0, 0.05) is 28.0 Å². The quantitative estimate of drug-likeness (QED) is 0.731. The van der Waals surface area contributed by atoms with Crippen LogP contribution in [0.15, 0.2) is 46.4 Å². The number of halogens is 1. The molecule has 0 aliphatic carbocycles. The first kappa shape index (κ1) is 14.0. The third kappa shape index (κ3) is 3.22.